The van der Waals surface area contributed by atoms with Gasteiger partial charge in [-0.2, -0.15) is 0 Å². The molecule has 0 aliphatic heterocycles. The first-order chi connectivity index (χ1) is 19.7. The Morgan fingerprint density at radius 2 is 1.25 bits per heavy atom. The smallest absolute Gasteiger partial charge is 0.202 e. The van der Waals surface area contributed by atoms with Crippen molar-refractivity contribution in [2.24, 2.45) is 76.9 Å². The van der Waals surface area contributed by atoms with Gasteiger partial charge < -0.3 is 0 Å². The molecule has 2 heteroatoms. The zero-order valence-corrected chi connectivity index (χ0v) is 24.0. The monoisotopic (exact) mass is 534 g/mol. The minimum Gasteiger partial charge on any atom is -0.291 e. The SMILES string of the molecule is O=C1C(=O)C2CC3C(CC4C5C3CCCC5C3C(c5ccccc5)CCC(C5=CC=CCC5)C43)C3CCCC1C23. The van der Waals surface area contributed by atoms with Gasteiger partial charge in [0.05, 0.1) is 0 Å². The van der Waals surface area contributed by atoms with Gasteiger partial charge in [0.2, 0.25) is 11.6 Å². The van der Waals surface area contributed by atoms with Crippen LogP contribution < -0.4 is 0 Å². The summed E-state index contributed by atoms with van der Waals surface area (Å²) in [5, 5.41) is 0. The molecule has 210 valence electrons. The predicted molar refractivity (Wildman–Crippen MR) is 157 cm³/mol. The lowest BCUT2D eigenvalue weighted by molar-refractivity contribution is -0.138. The van der Waals surface area contributed by atoms with Crippen molar-refractivity contribution in [3.05, 3.63) is 59.7 Å². The van der Waals surface area contributed by atoms with E-state index < -0.39 is 0 Å². The van der Waals surface area contributed by atoms with Crippen LogP contribution in [-0.2, 0) is 9.59 Å². The number of rotatable bonds is 2. The molecule has 0 N–H and O–H groups in total. The fourth-order valence-corrected chi connectivity index (χ4v) is 13.7. The number of Topliss-reactive ketones (excluding diaryl/α,β-unsaturated/α-hetero) is 2. The number of carbonyl (C=O) groups is 2. The summed E-state index contributed by atoms with van der Waals surface area (Å²) in [6.07, 6.45) is 22.6. The zero-order valence-electron chi connectivity index (χ0n) is 24.0. The van der Waals surface area contributed by atoms with Gasteiger partial charge >= 0.3 is 0 Å². The summed E-state index contributed by atoms with van der Waals surface area (Å²) < 4.78 is 0. The van der Waals surface area contributed by atoms with Gasteiger partial charge in [-0.25, -0.2) is 0 Å². The highest BCUT2D eigenvalue weighted by atomic mass is 16.2. The van der Waals surface area contributed by atoms with Crippen molar-refractivity contribution in [3.8, 4) is 0 Å². The molecule has 0 amide bonds. The minimum absolute atomic E-state index is 0.0375. The van der Waals surface area contributed by atoms with Crippen molar-refractivity contribution in [3.63, 3.8) is 0 Å². The van der Waals surface area contributed by atoms with Crippen molar-refractivity contribution in [2.75, 3.05) is 0 Å². The molecule has 0 aromatic heterocycles. The maximum atomic E-state index is 13.3. The average molecular weight is 535 g/mol. The van der Waals surface area contributed by atoms with Gasteiger partial charge in [0, 0.05) is 11.8 Å². The number of hydrogen-bond acceptors (Lipinski definition) is 2. The molecule has 7 fully saturated rings. The van der Waals surface area contributed by atoms with Gasteiger partial charge in [-0.3, -0.25) is 9.59 Å². The maximum Gasteiger partial charge on any atom is 0.202 e. The van der Waals surface area contributed by atoms with E-state index in [1.165, 1.54) is 64.2 Å². The first kappa shape index (κ1) is 24.6. The quantitative estimate of drug-likeness (QED) is 0.359. The fourth-order valence-electron chi connectivity index (χ4n) is 13.7. The first-order valence-electron chi connectivity index (χ1n) is 17.2. The number of allylic oxidation sites excluding steroid dienone is 4. The van der Waals surface area contributed by atoms with Crippen LogP contribution >= 0.6 is 0 Å². The summed E-state index contributed by atoms with van der Waals surface area (Å²) in [5.74, 6) is 9.28. The molecule has 2 nitrogen and oxygen atoms in total. The second kappa shape index (κ2) is 9.27. The van der Waals surface area contributed by atoms with E-state index in [-0.39, 0.29) is 23.4 Å². The lowest BCUT2D eigenvalue weighted by atomic mass is 9.46. The molecule has 8 aliphatic rings. The summed E-state index contributed by atoms with van der Waals surface area (Å²) in [6, 6.07) is 11.6. The molecule has 0 spiro atoms. The van der Waals surface area contributed by atoms with E-state index in [0.29, 0.717) is 17.8 Å². The molecular weight excluding hydrogens is 488 g/mol. The summed E-state index contributed by atoms with van der Waals surface area (Å²) in [6.45, 7) is 0. The topological polar surface area (TPSA) is 34.1 Å². The van der Waals surface area contributed by atoms with E-state index in [2.05, 4.69) is 48.6 Å². The molecule has 0 bridgehead atoms. The van der Waals surface area contributed by atoms with E-state index in [9.17, 15) is 9.59 Å². The standard InChI is InChI=1S/C38H46O2/c39-37-28-16-8-14-26-29-19-31-33-25(30(29)20-32(34(26)28)38(37)40)13-7-15-27(33)35-23(21-9-3-1-4-10-21)17-18-24(36(31)35)22-11-5-2-6-12-22/h1-5,9-11,23-36H,6-8,12-20H2. The highest BCUT2D eigenvalue weighted by Gasteiger charge is 2.67. The molecule has 14 unspecified atom stereocenters. The second-order valence-electron chi connectivity index (χ2n) is 15.5. The Morgan fingerprint density at radius 1 is 0.550 bits per heavy atom. The normalized spacial score (nSPS) is 50.5. The van der Waals surface area contributed by atoms with Crippen LogP contribution in [0.25, 0.3) is 0 Å². The summed E-state index contributed by atoms with van der Waals surface area (Å²) in [4.78, 5) is 26.4. The first-order valence-corrected chi connectivity index (χ1v) is 17.2. The zero-order chi connectivity index (χ0) is 26.5. The molecule has 9 rings (SSSR count). The van der Waals surface area contributed by atoms with Crippen molar-refractivity contribution in [1.29, 1.82) is 0 Å². The Morgan fingerprint density at radius 3 is 2.08 bits per heavy atom. The number of carbonyl (C=O) groups excluding carboxylic acids is 2. The Hall–Kier alpha value is -1.96. The molecule has 1 aromatic carbocycles. The molecule has 7 saturated carbocycles. The van der Waals surface area contributed by atoms with Crippen LogP contribution in [0, 0.1) is 76.9 Å². The average Bonchev–Trinajstić information content (AvgIpc) is 3.47. The lowest BCUT2D eigenvalue weighted by Crippen LogP contribution is -2.52. The minimum atomic E-state index is 0.0375. The van der Waals surface area contributed by atoms with Crippen molar-refractivity contribution in [2.45, 2.75) is 83.0 Å². The molecule has 0 heterocycles. The van der Waals surface area contributed by atoms with Gasteiger partial charge in [-0.1, -0.05) is 67.0 Å². The van der Waals surface area contributed by atoms with E-state index >= 15 is 0 Å². The third-order valence-corrected chi connectivity index (χ3v) is 14.6. The largest absolute Gasteiger partial charge is 0.291 e. The Labute approximate surface area is 240 Å². The summed E-state index contributed by atoms with van der Waals surface area (Å²) >= 11 is 0. The molecule has 0 radical (unpaired) electrons. The highest BCUT2D eigenvalue weighted by Crippen LogP contribution is 2.72. The van der Waals surface area contributed by atoms with Crippen LogP contribution in [0.1, 0.15) is 88.5 Å². The Bertz CT molecular complexity index is 1260. The van der Waals surface area contributed by atoms with Gasteiger partial charge in [-0.05, 0) is 141 Å². The second-order valence-corrected chi connectivity index (χ2v) is 15.5. The summed E-state index contributed by atoms with van der Waals surface area (Å²) in [5.41, 5.74) is 3.38. The van der Waals surface area contributed by atoms with Crippen molar-refractivity contribution in [1.82, 2.24) is 0 Å². The molecule has 1 aromatic rings. The van der Waals surface area contributed by atoms with Crippen LogP contribution in [-0.4, -0.2) is 11.6 Å². The third-order valence-electron chi connectivity index (χ3n) is 14.6. The summed E-state index contributed by atoms with van der Waals surface area (Å²) in [7, 11) is 0. The van der Waals surface area contributed by atoms with Gasteiger partial charge in [0.25, 0.3) is 0 Å². The molecule has 40 heavy (non-hydrogen) atoms. The van der Waals surface area contributed by atoms with Gasteiger partial charge in [-0.15, -0.1) is 0 Å². The van der Waals surface area contributed by atoms with E-state index in [4.69, 9.17) is 0 Å². The number of fused-ring (bicyclic) bond motifs is 6. The number of ketones is 2. The van der Waals surface area contributed by atoms with Gasteiger partial charge in [0.15, 0.2) is 0 Å². The van der Waals surface area contributed by atoms with Crippen LogP contribution in [0.5, 0.6) is 0 Å². The van der Waals surface area contributed by atoms with Crippen molar-refractivity contribution < 1.29 is 9.59 Å². The third kappa shape index (κ3) is 3.34. The molecule has 14 atom stereocenters. The van der Waals surface area contributed by atoms with Gasteiger partial charge in [0.1, 0.15) is 0 Å². The van der Waals surface area contributed by atoms with Crippen LogP contribution in [0.4, 0.5) is 0 Å². The van der Waals surface area contributed by atoms with E-state index in [1.54, 1.807) is 11.1 Å². The molecule has 0 saturated heterocycles. The number of benzene rings is 1. The van der Waals surface area contributed by atoms with E-state index in [0.717, 1.165) is 66.1 Å². The highest BCUT2D eigenvalue weighted by molar-refractivity contribution is 6.41. The fraction of sp³-hybridized carbons (Fsp3) is 0.684. The van der Waals surface area contributed by atoms with Crippen LogP contribution in [0.3, 0.4) is 0 Å². The molecule has 8 aliphatic carbocycles. The van der Waals surface area contributed by atoms with Crippen molar-refractivity contribution >= 4 is 11.6 Å². The van der Waals surface area contributed by atoms with E-state index in [1.807, 2.05) is 0 Å². The Balaban J connectivity index is 1.14. The number of hydrogen-bond donors (Lipinski definition) is 0. The van der Waals surface area contributed by atoms with Crippen LogP contribution in [0.15, 0.2) is 54.1 Å². The maximum absolute atomic E-state index is 13.3. The molecular formula is C38H46O2. The Kier molecular flexibility index (Phi) is 5.71. The predicted octanol–water partition coefficient (Wildman–Crippen LogP) is 8.19. The lowest BCUT2D eigenvalue weighted by Gasteiger charge is -2.58. The van der Waals surface area contributed by atoms with Crippen LogP contribution in [0.2, 0.25) is 0 Å².